The summed E-state index contributed by atoms with van der Waals surface area (Å²) in [5.41, 5.74) is 1.72. The normalized spacial score (nSPS) is 16.6. The van der Waals surface area contributed by atoms with Gasteiger partial charge in [-0.3, -0.25) is 14.2 Å². The van der Waals surface area contributed by atoms with Crippen LogP contribution in [0.1, 0.15) is 47.5 Å². The number of carbonyl (C=O) groups is 1. The summed E-state index contributed by atoms with van der Waals surface area (Å²) >= 11 is 1.49. The van der Waals surface area contributed by atoms with Gasteiger partial charge in [-0.15, -0.1) is 11.3 Å². The Morgan fingerprint density at radius 2 is 2.12 bits per heavy atom. The molecule has 5 nitrogen and oxygen atoms in total. The van der Waals surface area contributed by atoms with E-state index in [0.29, 0.717) is 29.6 Å². The van der Waals surface area contributed by atoms with E-state index in [0.717, 1.165) is 34.7 Å². The summed E-state index contributed by atoms with van der Waals surface area (Å²) in [4.78, 5) is 31.4. The van der Waals surface area contributed by atoms with E-state index < -0.39 is 11.9 Å². The fraction of sp³-hybridized carbons (Fsp3) is 0.350. The Labute approximate surface area is 154 Å². The smallest absolute Gasteiger partial charge is 0.311 e. The van der Waals surface area contributed by atoms with Gasteiger partial charge in [0, 0.05) is 17.8 Å². The molecule has 1 aliphatic rings. The SMILES string of the molecule is CCn1c(Cc2ccccc2)nc2sc3c(c2c1=O)C(C(=O)O)CCC3. The number of aromatic nitrogens is 2. The van der Waals surface area contributed by atoms with E-state index in [9.17, 15) is 14.7 Å². The number of hydrogen-bond donors (Lipinski definition) is 1. The zero-order valence-electron chi connectivity index (χ0n) is 14.6. The number of aryl methyl sites for hydroxylation is 1. The Hall–Kier alpha value is -2.47. The zero-order valence-corrected chi connectivity index (χ0v) is 15.4. The fourth-order valence-electron chi connectivity index (χ4n) is 3.84. The van der Waals surface area contributed by atoms with Crippen LogP contribution in [-0.2, 0) is 24.2 Å². The molecule has 0 saturated carbocycles. The van der Waals surface area contributed by atoms with E-state index in [4.69, 9.17) is 4.98 Å². The Balaban J connectivity index is 1.92. The molecule has 0 radical (unpaired) electrons. The van der Waals surface area contributed by atoms with Crippen LogP contribution in [0, 0.1) is 0 Å². The molecule has 1 atom stereocenters. The van der Waals surface area contributed by atoms with Crippen LogP contribution in [0.2, 0.25) is 0 Å². The number of aliphatic carboxylic acids is 1. The van der Waals surface area contributed by atoms with Gasteiger partial charge < -0.3 is 5.11 Å². The molecular formula is C20H20N2O3S. The molecule has 6 heteroatoms. The molecule has 1 aromatic carbocycles. The largest absolute Gasteiger partial charge is 0.481 e. The van der Waals surface area contributed by atoms with Crippen LogP contribution in [0.4, 0.5) is 0 Å². The summed E-state index contributed by atoms with van der Waals surface area (Å²) in [6, 6.07) is 9.96. The Morgan fingerprint density at radius 3 is 2.81 bits per heavy atom. The monoisotopic (exact) mass is 368 g/mol. The van der Waals surface area contributed by atoms with Crippen molar-refractivity contribution >= 4 is 27.5 Å². The molecule has 0 fully saturated rings. The summed E-state index contributed by atoms with van der Waals surface area (Å²) < 4.78 is 1.69. The van der Waals surface area contributed by atoms with Crippen molar-refractivity contribution in [1.82, 2.24) is 9.55 Å². The minimum absolute atomic E-state index is 0.103. The van der Waals surface area contributed by atoms with Crippen molar-refractivity contribution in [2.45, 2.75) is 45.1 Å². The number of thiophene rings is 1. The lowest BCUT2D eigenvalue weighted by Gasteiger charge is -2.19. The van der Waals surface area contributed by atoms with Crippen molar-refractivity contribution in [2.24, 2.45) is 0 Å². The van der Waals surface area contributed by atoms with Gasteiger partial charge in [0.05, 0.1) is 11.3 Å². The van der Waals surface area contributed by atoms with Crippen molar-refractivity contribution in [3.8, 4) is 0 Å². The highest BCUT2D eigenvalue weighted by Crippen LogP contribution is 2.40. The van der Waals surface area contributed by atoms with Gasteiger partial charge in [-0.2, -0.15) is 0 Å². The molecule has 26 heavy (non-hydrogen) atoms. The maximum atomic E-state index is 13.2. The van der Waals surface area contributed by atoms with Crippen molar-refractivity contribution in [2.75, 3.05) is 0 Å². The van der Waals surface area contributed by atoms with Crippen molar-refractivity contribution in [3.05, 3.63) is 62.5 Å². The summed E-state index contributed by atoms with van der Waals surface area (Å²) in [5.74, 6) is -0.699. The van der Waals surface area contributed by atoms with E-state index in [1.165, 1.54) is 11.3 Å². The maximum Gasteiger partial charge on any atom is 0.311 e. The molecule has 1 N–H and O–H groups in total. The van der Waals surface area contributed by atoms with Gasteiger partial charge in [0.1, 0.15) is 10.7 Å². The molecule has 1 aliphatic carbocycles. The third-order valence-corrected chi connectivity index (χ3v) is 6.23. The Morgan fingerprint density at radius 1 is 1.35 bits per heavy atom. The van der Waals surface area contributed by atoms with Crippen molar-refractivity contribution in [3.63, 3.8) is 0 Å². The highest BCUT2D eigenvalue weighted by molar-refractivity contribution is 7.18. The number of carboxylic acids is 1. The number of fused-ring (bicyclic) bond motifs is 3. The van der Waals surface area contributed by atoms with Crippen LogP contribution >= 0.6 is 11.3 Å². The number of benzene rings is 1. The van der Waals surface area contributed by atoms with Crippen LogP contribution in [-0.4, -0.2) is 20.6 Å². The average molecular weight is 368 g/mol. The second-order valence-electron chi connectivity index (χ2n) is 6.64. The standard InChI is InChI=1S/C20H20N2O3S/c1-2-22-15(11-12-7-4-3-5-8-12)21-18-17(19(22)23)16-13(20(24)25)9-6-10-14(16)26-18/h3-5,7-8,13H,2,6,9-11H2,1H3,(H,24,25). The predicted octanol–water partition coefficient (Wildman–Crippen LogP) is 3.57. The molecule has 0 saturated heterocycles. The molecule has 4 rings (SSSR count). The van der Waals surface area contributed by atoms with E-state index in [1.807, 2.05) is 37.3 Å². The molecule has 2 heterocycles. The topological polar surface area (TPSA) is 72.2 Å². The molecule has 3 aromatic rings. The van der Waals surface area contributed by atoms with Gasteiger partial charge >= 0.3 is 5.97 Å². The minimum Gasteiger partial charge on any atom is -0.481 e. The minimum atomic E-state index is -0.846. The third-order valence-electron chi connectivity index (χ3n) is 5.07. The highest BCUT2D eigenvalue weighted by atomic mass is 32.1. The number of hydrogen-bond acceptors (Lipinski definition) is 4. The maximum absolute atomic E-state index is 13.2. The van der Waals surface area contributed by atoms with Crippen LogP contribution < -0.4 is 5.56 Å². The summed E-state index contributed by atoms with van der Waals surface area (Å²) in [7, 11) is 0. The van der Waals surface area contributed by atoms with Gasteiger partial charge in [0.2, 0.25) is 0 Å². The first kappa shape index (κ1) is 17.0. The fourth-order valence-corrected chi connectivity index (χ4v) is 5.13. The summed E-state index contributed by atoms with van der Waals surface area (Å²) in [6.07, 6.45) is 2.85. The zero-order chi connectivity index (χ0) is 18.3. The molecule has 0 amide bonds. The Bertz CT molecular complexity index is 1040. The Kier molecular flexibility index (Phi) is 4.36. The second kappa shape index (κ2) is 6.68. The molecule has 1 unspecified atom stereocenters. The average Bonchev–Trinajstić information content (AvgIpc) is 3.01. The first-order chi connectivity index (χ1) is 12.6. The van der Waals surface area contributed by atoms with Gasteiger partial charge in [-0.05, 0) is 37.3 Å². The second-order valence-corrected chi connectivity index (χ2v) is 7.73. The number of carboxylic acid groups (broad SMARTS) is 1. The summed E-state index contributed by atoms with van der Waals surface area (Å²) in [5, 5.41) is 10.1. The van der Waals surface area contributed by atoms with Crippen LogP contribution in [0.3, 0.4) is 0 Å². The first-order valence-electron chi connectivity index (χ1n) is 8.91. The van der Waals surface area contributed by atoms with Gasteiger partial charge in [-0.25, -0.2) is 4.98 Å². The number of rotatable bonds is 4. The van der Waals surface area contributed by atoms with Crippen LogP contribution in [0.5, 0.6) is 0 Å². The van der Waals surface area contributed by atoms with E-state index in [1.54, 1.807) is 4.57 Å². The third kappa shape index (κ3) is 2.74. The molecular weight excluding hydrogens is 348 g/mol. The van der Waals surface area contributed by atoms with Crippen LogP contribution in [0.15, 0.2) is 35.1 Å². The van der Waals surface area contributed by atoms with Crippen molar-refractivity contribution < 1.29 is 9.90 Å². The first-order valence-corrected chi connectivity index (χ1v) is 9.73. The quantitative estimate of drug-likeness (QED) is 0.764. The lowest BCUT2D eigenvalue weighted by Crippen LogP contribution is -2.26. The molecule has 134 valence electrons. The molecule has 2 aromatic heterocycles. The molecule has 0 bridgehead atoms. The molecule has 0 aliphatic heterocycles. The van der Waals surface area contributed by atoms with Gasteiger partial charge in [0.15, 0.2) is 0 Å². The van der Waals surface area contributed by atoms with Gasteiger partial charge in [-0.1, -0.05) is 30.3 Å². The number of nitrogens with zero attached hydrogens (tertiary/aromatic N) is 2. The van der Waals surface area contributed by atoms with E-state index in [-0.39, 0.29) is 5.56 Å². The van der Waals surface area contributed by atoms with E-state index >= 15 is 0 Å². The highest BCUT2D eigenvalue weighted by Gasteiger charge is 2.32. The van der Waals surface area contributed by atoms with Crippen molar-refractivity contribution in [1.29, 1.82) is 0 Å². The lowest BCUT2D eigenvalue weighted by molar-refractivity contribution is -0.139. The predicted molar refractivity (Wildman–Crippen MR) is 102 cm³/mol. The molecule has 0 spiro atoms. The van der Waals surface area contributed by atoms with E-state index in [2.05, 4.69) is 0 Å². The van der Waals surface area contributed by atoms with Gasteiger partial charge in [0.25, 0.3) is 5.56 Å². The summed E-state index contributed by atoms with van der Waals surface area (Å²) in [6.45, 7) is 2.45. The van der Waals surface area contributed by atoms with Crippen LogP contribution in [0.25, 0.3) is 10.2 Å². The lowest BCUT2D eigenvalue weighted by atomic mass is 9.86.